The molecule has 0 saturated heterocycles. The lowest BCUT2D eigenvalue weighted by Crippen LogP contribution is -2.04. The van der Waals surface area contributed by atoms with Gasteiger partial charge in [0, 0.05) is 6.20 Å². The number of carboxylic acid groups (broad SMARTS) is 1. The fourth-order valence-electron chi connectivity index (χ4n) is 1.10. The number of aromatic nitrogens is 3. The Morgan fingerprint density at radius 2 is 2.38 bits per heavy atom. The quantitative estimate of drug-likeness (QED) is 0.784. The van der Waals surface area contributed by atoms with Gasteiger partial charge >= 0.3 is 5.97 Å². The van der Waals surface area contributed by atoms with Crippen LogP contribution in [-0.4, -0.2) is 26.2 Å². The maximum absolute atomic E-state index is 10.7. The van der Waals surface area contributed by atoms with Crippen LogP contribution in [0, 0.1) is 0 Å². The van der Waals surface area contributed by atoms with E-state index in [-0.39, 0.29) is 5.56 Å². The first-order chi connectivity index (χ1) is 7.75. The first-order valence-corrected chi connectivity index (χ1v) is 4.44. The lowest BCUT2D eigenvalue weighted by atomic mass is 10.2. The Kier molecular flexibility index (Phi) is 2.77. The van der Waals surface area contributed by atoms with Gasteiger partial charge in [-0.1, -0.05) is 5.16 Å². The van der Waals surface area contributed by atoms with Crippen LogP contribution in [0.25, 0.3) is 0 Å². The molecule has 2 rings (SSSR count). The number of nitrogens with one attached hydrogen (secondary N) is 1. The van der Waals surface area contributed by atoms with Crippen molar-refractivity contribution < 1.29 is 14.4 Å². The van der Waals surface area contributed by atoms with E-state index in [2.05, 4.69) is 25.0 Å². The van der Waals surface area contributed by atoms with Crippen LogP contribution in [-0.2, 0) is 6.54 Å². The van der Waals surface area contributed by atoms with Crippen molar-refractivity contribution in [3.63, 3.8) is 0 Å². The van der Waals surface area contributed by atoms with Gasteiger partial charge in [-0.15, -0.1) is 0 Å². The molecule has 16 heavy (non-hydrogen) atoms. The zero-order valence-electron chi connectivity index (χ0n) is 8.12. The Balaban J connectivity index is 2.04. The zero-order valence-corrected chi connectivity index (χ0v) is 8.12. The third-order valence-electron chi connectivity index (χ3n) is 1.84. The van der Waals surface area contributed by atoms with Gasteiger partial charge in [-0.25, -0.2) is 9.78 Å². The molecule has 0 bridgehead atoms. The number of rotatable bonds is 4. The number of carbonyl (C=O) groups is 1. The summed E-state index contributed by atoms with van der Waals surface area (Å²) >= 11 is 0. The van der Waals surface area contributed by atoms with E-state index in [0.717, 1.165) is 0 Å². The van der Waals surface area contributed by atoms with Gasteiger partial charge in [0.05, 0.1) is 12.1 Å². The van der Waals surface area contributed by atoms with Crippen molar-refractivity contribution >= 4 is 11.8 Å². The summed E-state index contributed by atoms with van der Waals surface area (Å²) in [6.45, 7) is 0.326. The molecule has 0 aliphatic heterocycles. The summed E-state index contributed by atoms with van der Waals surface area (Å²) in [4.78, 5) is 18.5. The Morgan fingerprint density at radius 3 is 3.06 bits per heavy atom. The summed E-state index contributed by atoms with van der Waals surface area (Å²) < 4.78 is 4.55. The normalized spacial score (nSPS) is 10.0. The monoisotopic (exact) mass is 220 g/mol. The van der Waals surface area contributed by atoms with Gasteiger partial charge in [0.15, 0.2) is 5.82 Å². The van der Waals surface area contributed by atoms with E-state index >= 15 is 0 Å². The van der Waals surface area contributed by atoms with E-state index in [9.17, 15) is 4.79 Å². The van der Waals surface area contributed by atoms with E-state index in [0.29, 0.717) is 18.2 Å². The van der Waals surface area contributed by atoms with E-state index in [1.54, 1.807) is 0 Å². The molecule has 82 valence electrons. The molecule has 2 aromatic rings. The fraction of sp³-hybridized carbons (Fsp3) is 0.111. The number of nitrogens with zero attached hydrogens (tertiary/aromatic N) is 3. The van der Waals surface area contributed by atoms with Crippen molar-refractivity contribution in [2.75, 3.05) is 5.32 Å². The predicted octanol–water partition coefficient (Wildman–Crippen LogP) is 0.775. The van der Waals surface area contributed by atoms with Gasteiger partial charge in [-0.05, 0) is 12.1 Å². The molecule has 0 radical (unpaired) electrons. The Bertz CT molecular complexity index is 483. The SMILES string of the molecule is O=C(O)c1ccnc(NCc2ncon2)c1. The summed E-state index contributed by atoms with van der Waals surface area (Å²) in [6.07, 6.45) is 2.64. The van der Waals surface area contributed by atoms with E-state index in [1.807, 2.05) is 0 Å². The van der Waals surface area contributed by atoms with Crippen molar-refractivity contribution in [2.24, 2.45) is 0 Å². The van der Waals surface area contributed by atoms with Crippen LogP contribution in [0.5, 0.6) is 0 Å². The number of pyridine rings is 1. The highest BCUT2D eigenvalue weighted by molar-refractivity contribution is 5.88. The molecule has 0 saturated carbocycles. The molecule has 7 heteroatoms. The molecule has 2 heterocycles. The number of hydrogen-bond acceptors (Lipinski definition) is 6. The standard InChI is InChI=1S/C9H8N4O3/c14-9(15)6-1-2-10-7(3-6)11-4-8-12-5-16-13-8/h1-3,5H,4H2,(H,10,11)(H,14,15). The first-order valence-electron chi connectivity index (χ1n) is 4.44. The van der Waals surface area contributed by atoms with Crippen LogP contribution in [0.3, 0.4) is 0 Å². The lowest BCUT2D eigenvalue weighted by molar-refractivity contribution is 0.0697. The Morgan fingerprint density at radius 1 is 1.50 bits per heavy atom. The van der Waals surface area contributed by atoms with Crippen LogP contribution in [0.1, 0.15) is 16.2 Å². The van der Waals surface area contributed by atoms with Crippen molar-refractivity contribution in [1.29, 1.82) is 0 Å². The van der Waals surface area contributed by atoms with Crippen LogP contribution in [0.4, 0.5) is 5.82 Å². The Hall–Kier alpha value is -2.44. The van der Waals surface area contributed by atoms with Gasteiger partial charge in [0.1, 0.15) is 5.82 Å². The highest BCUT2D eigenvalue weighted by Crippen LogP contribution is 2.07. The topological polar surface area (TPSA) is 101 Å². The molecule has 0 spiro atoms. The molecule has 0 unspecified atom stereocenters. The predicted molar refractivity (Wildman–Crippen MR) is 52.8 cm³/mol. The maximum Gasteiger partial charge on any atom is 0.335 e. The average molecular weight is 220 g/mol. The number of aromatic carboxylic acids is 1. The highest BCUT2D eigenvalue weighted by atomic mass is 16.5. The summed E-state index contributed by atoms with van der Waals surface area (Å²) in [7, 11) is 0. The summed E-state index contributed by atoms with van der Waals surface area (Å²) in [6, 6.07) is 2.85. The third kappa shape index (κ3) is 2.32. The van der Waals surface area contributed by atoms with Crippen molar-refractivity contribution in [3.8, 4) is 0 Å². The second-order valence-electron chi connectivity index (χ2n) is 2.94. The Labute approximate surface area is 90.1 Å². The second-order valence-corrected chi connectivity index (χ2v) is 2.94. The van der Waals surface area contributed by atoms with Crippen molar-refractivity contribution in [3.05, 3.63) is 36.1 Å². The van der Waals surface area contributed by atoms with Crippen LogP contribution in [0.15, 0.2) is 29.2 Å². The lowest BCUT2D eigenvalue weighted by Gasteiger charge is -2.02. The molecule has 2 N–H and O–H groups in total. The van der Waals surface area contributed by atoms with Crippen LogP contribution >= 0.6 is 0 Å². The van der Waals surface area contributed by atoms with Crippen molar-refractivity contribution in [1.82, 2.24) is 15.1 Å². The molecule has 7 nitrogen and oxygen atoms in total. The molecule has 2 aromatic heterocycles. The second kappa shape index (κ2) is 4.39. The smallest absolute Gasteiger partial charge is 0.335 e. The minimum Gasteiger partial charge on any atom is -0.478 e. The molecule has 0 atom stereocenters. The van der Waals surface area contributed by atoms with E-state index < -0.39 is 5.97 Å². The summed E-state index contributed by atoms with van der Waals surface area (Å²) in [5, 5.41) is 15.2. The summed E-state index contributed by atoms with van der Waals surface area (Å²) in [5.74, 6) is -0.0720. The van der Waals surface area contributed by atoms with Crippen LogP contribution < -0.4 is 5.32 Å². The van der Waals surface area contributed by atoms with Gasteiger partial charge in [0.2, 0.25) is 6.39 Å². The van der Waals surface area contributed by atoms with E-state index in [1.165, 1.54) is 24.7 Å². The number of carboxylic acids is 1. The van der Waals surface area contributed by atoms with Gasteiger partial charge in [-0.3, -0.25) is 0 Å². The minimum atomic E-state index is -0.995. The van der Waals surface area contributed by atoms with Crippen molar-refractivity contribution in [2.45, 2.75) is 6.54 Å². The maximum atomic E-state index is 10.7. The molecule has 0 amide bonds. The number of anilines is 1. The molecular formula is C9H8N4O3. The first kappa shape index (κ1) is 10.1. The molecule has 0 aliphatic carbocycles. The van der Waals surface area contributed by atoms with Gasteiger partial charge < -0.3 is 14.9 Å². The number of hydrogen-bond donors (Lipinski definition) is 2. The largest absolute Gasteiger partial charge is 0.478 e. The highest BCUT2D eigenvalue weighted by Gasteiger charge is 2.04. The molecular weight excluding hydrogens is 212 g/mol. The van der Waals surface area contributed by atoms with Crippen LogP contribution in [0.2, 0.25) is 0 Å². The van der Waals surface area contributed by atoms with Gasteiger partial charge in [0.25, 0.3) is 0 Å². The van der Waals surface area contributed by atoms with Gasteiger partial charge in [-0.2, -0.15) is 4.98 Å². The zero-order chi connectivity index (χ0) is 11.4. The molecule has 0 aliphatic rings. The minimum absolute atomic E-state index is 0.172. The average Bonchev–Trinajstić information content (AvgIpc) is 2.79. The molecule has 0 fully saturated rings. The fourth-order valence-corrected chi connectivity index (χ4v) is 1.10. The third-order valence-corrected chi connectivity index (χ3v) is 1.84. The molecule has 0 aromatic carbocycles. The van der Waals surface area contributed by atoms with E-state index in [4.69, 9.17) is 5.11 Å². The summed E-state index contributed by atoms with van der Waals surface area (Å²) in [5.41, 5.74) is 0.172.